The lowest BCUT2D eigenvalue weighted by molar-refractivity contribution is -0.143. The number of carbonyl (C=O) groups excluding carboxylic acids is 7. The number of H-pyrrole nitrogens is 1. The first-order chi connectivity index (χ1) is 39.5. The number of nitrogens with zero attached hydrogens (tertiary/aromatic N) is 1. The number of fused-ring (bicyclic) bond motifs is 2. The summed E-state index contributed by atoms with van der Waals surface area (Å²) in [7, 11) is 0. The number of piperidine rings is 1. The third kappa shape index (κ3) is 15.9. The molecule has 6 amide bonds. The Bertz CT molecular complexity index is 3080. The second-order valence-electron chi connectivity index (χ2n) is 21.4. The highest BCUT2D eigenvalue weighted by Gasteiger charge is 2.45. The molecular formula is C63H73N9O9. The minimum atomic E-state index is -1.30. The van der Waals surface area contributed by atoms with Crippen molar-refractivity contribution in [2.24, 2.45) is 17.6 Å². The van der Waals surface area contributed by atoms with E-state index in [1.54, 1.807) is 18.3 Å². The Kier molecular flexibility index (Phi) is 20.0. The molecule has 18 nitrogen and oxygen atoms in total. The maximum Gasteiger partial charge on any atom is 0.407 e. The lowest BCUT2D eigenvalue weighted by Crippen LogP contribution is -2.60. The molecule has 4 heterocycles. The molecule has 424 valence electrons. The van der Waals surface area contributed by atoms with Gasteiger partial charge < -0.3 is 57.0 Å². The Morgan fingerprint density at radius 2 is 1.23 bits per heavy atom. The number of aryl methyl sites for hydroxylation is 1. The van der Waals surface area contributed by atoms with E-state index in [0.717, 1.165) is 53.5 Å². The Balaban J connectivity index is 1.10. The number of amides is 6. The van der Waals surface area contributed by atoms with E-state index in [-0.39, 0.29) is 64.1 Å². The summed E-state index contributed by atoms with van der Waals surface area (Å²) in [5.41, 5.74) is 10.5. The van der Waals surface area contributed by atoms with Crippen LogP contribution in [0.3, 0.4) is 0 Å². The summed E-state index contributed by atoms with van der Waals surface area (Å²) < 4.78 is 11.9. The predicted molar refractivity (Wildman–Crippen MR) is 306 cm³/mol. The molecule has 81 heavy (non-hydrogen) atoms. The second kappa shape index (κ2) is 28.2. The van der Waals surface area contributed by atoms with Gasteiger partial charge in [-0.3, -0.25) is 28.8 Å². The number of para-hydroxylation sites is 1. The first kappa shape index (κ1) is 57.3. The molecule has 0 unspecified atom stereocenters. The number of hydrogen-bond acceptors (Lipinski definition) is 11. The molecule has 7 atom stereocenters. The van der Waals surface area contributed by atoms with Gasteiger partial charge in [0.2, 0.25) is 29.5 Å². The molecule has 0 spiro atoms. The molecule has 5 aromatic carbocycles. The van der Waals surface area contributed by atoms with Crippen molar-refractivity contribution in [3.63, 3.8) is 0 Å². The zero-order valence-corrected chi connectivity index (χ0v) is 45.5. The van der Waals surface area contributed by atoms with Crippen LogP contribution in [0.5, 0.6) is 5.75 Å². The summed E-state index contributed by atoms with van der Waals surface area (Å²) in [6, 6.07) is 36.9. The van der Waals surface area contributed by atoms with Crippen molar-refractivity contribution in [2.45, 2.75) is 107 Å². The number of ether oxygens (including phenoxy) is 2. The van der Waals surface area contributed by atoms with E-state index in [0.29, 0.717) is 36.3 Å². The minimum Gasteiger partial charge on any atom is -0.489 e. The van der Waals surface area contributed by atoms with E-state index in [1.807, 2.05) is 127 Å². The summed E-state index contributed by atoms with van der Waals surface area (Å²) in [6.45, 7) is 1.85. The van der Waals surface area contributed by atoms with E-state index in [9.17, 15) is 4.79 Å². The van der Waals surface area contributed by atoms with Crippen molar-refractivity contribution in [1.82, 2.24) is 41.8 Å². The number of aromatic nitrogens is 1. The molecule has 0 aliphatic carbocycles. The Morgan fingerprint density at radius 3 is 1.95 bits per heavy atom. The van der Waals surface area contributed by atoms with Gasteiger partial charge in [0.05, 0.1) is 12.6 Å². The lowest BCUT2D eigenvalue weighted by Gasteiger charge is -2.32. The Morgan fingerprint density at radius 1 is 0.630 bits per heavy atom. The molecular weight excluding hydrogens is 1030 g/mol. The number of carbonyl (C=O) groups is 7. The molecule has 3 aliphatic rings. The van der Waals surface area contributed by atoms with Crippen molar-refractivity contribution < 1.29 is 43.0 Å². The van der Waals surface area contributed by atoms with Crippen LogP contribution in [0.25, 0.3) is 10.9 Å². The molecule has 9 N–H and O–H groups in total. The first-order valence-corrected chi connectivity index (χ1v) is 28.2. The van der Waals surface area contributed by atoms with Crippen molar-refractivity contribution >= 4 is 52.3 Å². The number of Topliss-reactive ketones (excluding diaryl/α,β-unsaturated/α-hetero) is 1. The van der Waals surface area contributed by atoms with Crippen LogP contribution in [-0.2, 0) is 65.8 Å². The fraction of sp³-hybridized carbons (Fsp3) is 0.381. The quantitative estimate of drug-likeness (QED) is 0.0605. The smallest absolute Gasteiger partial charge is 0.407 e. The summed E-state index contributed by atoms with van der Waals surface area (Å²) in [4.78, 5) is 109. The number of nitrogens with two attached hydrogens (primary N) is 1. The van der Waals surface area contributed by atoms with Gasteiger partial charge in [-0.05, 0) is 97.1 Å². The SMILES string of the molecule is NCCNC(=O)O[C@@H]1C[C@H]2C(=O)N[C@@H](CCc3ccccc3)C(=O)N[C@@H](Cc3c[nH]c4ccccc34)C(=O)C[C@@H](CC3CCNCC3)C(=O)N[C@@H](Cc3ccc(OCc4ccccc4)cc3)C(=O)N[C@@H](Cc3ccccc3)C(=O)N2C1. The first-order valence-electron chi connectivity index (χ1n) is 28.2. The van der Waals surface area contributed by atoms with Crippen molar-refractivity contribution in [1.29, 1.82) is 0 Å². The predicted octanol–water partition coefficient (Wildman–Crippen LogP) is 4.98. The van der Waals surface area contributed by atoms with Gasteiger partial charge in [-0.1, -0.05) is 121 Å². The highest BCUT2D eigenvalue weighted by Crippen LogP contribution is 2.28. The van der Waals surface area contributed by atoms with Crippen LogP contribution in [0, 0.1) is 11.8 Å². The third-order valence-electron chi connectivity index (χ3n) is 15.6. The normalized spacial score (nSPS) is 22.6. The maximum atomic E-state index is 15.4. The van der Waals surface area contributed by atoms with Gasteiger partial charge in [0, 0.05) is 68.2 Å². The molecule has 6 aromatic rings. The zero-order chi connectivity index (χ0) is 56.5. The third-order valence-corrected chi connectivity index (χ3v) is 15.6. The fourth-order valence-electron chi connectivity index (χ4n) is 11.2. The van der Waals surface area contributed by atoms with Gasteiger partial charge in [-0.15, -0.1) is 0 Å². The van der Waals surface area contributed by atoms with Gasteiger partial charge in [0.15, 0.2) is 5.78 Å². The van der Waals surface area contributed by atoms with Crippen LogP contribution < -0.4 is 42.4 Å². The highest BCUT2D eigenvalue weighted by atomic mass is 16.6. The number of aromatic amines is 1. The summed E-state index contributed by atoms with van der Waals surface area (Å²) in [5.74, 6) is -3.82. The van der Waals surface area contributed by atoms with Gasteiger partial charge in [0.1, 0.15) is 42.6 Å². The number of ketones is 1. The van der Waals surface area contributed by atoms with Gasteiger partial charge >= 0.3 is 6.09 Å². The molecule has 1 aromatic heterocycles. The van der Waals surface area contributed by atoms with Crippen molar-refractivity contribution in [3.8, 4) is 5.75 Å². The van der Waals surface area contributed by atoms with Gasteiger partial charge in [-0.25, -0.2) is 4.79 Å². The van der Waals surface area contributed by atoms with E-state index < -0.39 is 83.6 Å². The van der Waals surface area contributed by atoms with Gasteiger partial charge in [0.25, 0.3) is 0 Å². The van der Waals surface area contributed by atoms with Crippen LogP contribution in [0.15, 0.2) is 146 Å². The number of benzene rings is 5. The van der Waals surface area contributed by atoms with Crippen LogP contribution in [-0.4, -0.2) is 120 Å². The largest absolute Gasteiger partial charge is 0.489 e. The number of nitrogens with one attached hydrogen (secondary N) is 7. The molecule has 0 saturated carbocycles. The standard InChI is InChI=1S/C63H73N9O9/c64-28-31-66-63(79)81-49-37-56-61(77)68-52(25-22-41-12-4-1-5-13-41)59(75)69-53(35-47-38-67-51-19-11-10-18-50(47)51)57(73)36-46(32-44-26-29-65-30-27-44)58(74)70-54(33-43-20-23-48(24-21-43)80-40-45-16-8-3-9-17-45)60(76)71-55(62(78)72(56)39-49)34-42-14-6-2-7-15-42/h1-21,23-24,38,44,46,49,52-56,65,67H,22,25-37,39-40,64H2,(H,66,79)(H,68,77)(H,69,75)(H,70,74)(H,71,76)/t46-,49-,52+,53+,54+,55+,56+/m1/s1. The molecule has 9 rings (SSSR count). The van der Waals surface area contributed by atoms with Crippen molar-refractivity contribution in [2.75, 3.05) is 32.7 Å². The van der Waals surface area contributed by atoms with Crippen LogP contribution >= 0.6 is 0 Å². The van der Waals surface area contributed by atoms with Crippen LogP contribution in [0.4, 0.5) is 4.79 Å². The Labute approximate surface area is 472 Å². The average molecular weight is 1100 g/mol. The second-order valence-corrected chi connectivity index (χ2v) is 21.4. The maximum absolute atomic E-state index is 15.4. The topological polar surface area (TPSA) is 255 Å². The fourth-order valence-corrected chi connectivity index (χ4v) is 11.2. The molecule has 18 heteroatoms. The number of alkyl carbamates (subject to hydrolysis) is 1. The molecule has 3 saturated heterocycles. The van der Waals surface area contributed by atoms with E-state index in [4.69, 9.17) is 15.2 Å². The summed E-state index contributed by atoms with van der Waals surface area (Å²) in [5, 5.41) is 18.9. The Hall–Kier alpha value is -8.35. The number of hydrogen-bond donors (Lipinski definition) is 8. The van der Waals surface area contributed by atoms with Crippen LogP contribution in [0.2, 0.25) is 0 Å². The molecule has 0 radical (unpaired) electrons. The lowest BCUT2D eigenvalue weighted by atomic mass is 9.83. The van der Waals surface area contributed by atoms with Gasteiger partial charge in [-0.2, -0.15) is 0 Å². The average Bonchev–Trinajstić information content (AvgIpc) is 4.11. The van der Waals surface area contributed by atoms with Crippen molar-refractivity contribution in [3.05, 3.63) is 174 Å². The van der Waals surface area contributed by atoms with Crippen LogP contribution in [0.1, 0.15) is 66.3 Å². The monoisotopic (exact) mass is 1100 g/mol. The zero-order valence-electron chi connectivity index (χ0n) is 45.5. The van der Waals surface area contributed by atoms with E-state index in [2.05, 4.69) is 36.9 Å². The minimum absolute atomic E-state index is 0.0109. The summed E-state index contributed by atoms with van der Waals surface area (Å²) in [6.07, 6.45) is 1.99. The van der Waals surface area contributed by atoms with E-state index >= 15 is 28.8 Å². The van der Waals surface area contributed by atoms with E-state index in [1.165, 1.54) is 4.90 Å². The number of rotatable bonds is 17. The molecule has 3 fully saturated rings. The summed E-state index contributed by atoms with van der Waals surface area (Å²) >= 11 is 0. The molecule has 3 aliphatic heterocycles. The highest BCUT2D eigenvalue weighted by molar-refractivity contribution is 5.99. The molecule has 0 bridgehead atoms.